The molecule has 0 saturated heterocycles. The Balaban J connectivity index is 1.79. The molecule has 0 aliphatic rings. The molecule has 3 rings (SSSR count). The minimum atomic E-state index is -0.233. The van der Waals surface area contributed by atoms with E-state index >= 15 is 0 Å². The van der Waals surface area contributed by atoms with E-state index in [-0.39, 0.29) is 5.91 Å². The van der Waals surface area contributed by atoms with E-state index in [9.17, 15) is 4.79 Å². The summed E-state index contributed by atoms with van der Waals surface area (Å²) < 4.78 is 1.59. The van der Waals surface area contributed by atoms with Crippen molar-refractivity contribution in [3.63, 3.8) is 0 Å². The summed E-state index contributed by atoms with van der Waals surface area (Å²) in [6.07, 6.45) is 7.96. The third-order valence-corrected chi connectivity index (χ3v) is 2.76. The molecule has 3 heterocycles. The van der Waals surface area contributed by atoms with Crippen molar-refractivity contribution in [3.8, 4) is 0 Å². The number of fused-ring (bicyclic) bond motifs is 1. The molecule has 0 spiro atoms. The number of nitrogen functional groups attached to an aromatic ring is 1. The first-order valence-electron chi connectivity index (χ1n) is 5.59. The summed E-state index contributed by atoms with van der Waals surface area (Å²) in [5.74, 6) is 0.213. The molecule has 3 aromatic rings. The van der Waals surface area contributed by atoms with Crippen molar-refractivity contribution in [2.75, 3.05) is 5.73 Å². The summed E-state index contributed by atoms with van der Waals surface area (Å²) in [5.41, 5.74) is 7.50. The van der Waals surface area contributed by atoms with Gasteiger partial charge in [0.1, 0.15) is 5.82 Å². The van der Waals surface area contributed by atoms with Crippen LogP contribution in [0.25, 0.3) is 5.52 Å². The fourth-order valence-corrected chi connectivity index (χ4v) is 1.74. The number of rotatable bonds is 3. The number of nitrogens with zero attached hydrogens (tertiary/aromatic N) is 4. The average molecular weight is 257 g/mol. The molecule has 96 valence electrons. The Hall–Kier alpha value is -2.90. The number of aromatic amines is 1. The van der Waals surface area contributed by atoms with Gasteiger partial charge in [0.25, 0.3) is 5.91 Å². The van der Waals surface area contributed by atoms with E-state index in [2.05, 4.69) is 25.6 Å². The van der Waals surface area contributed by atoms with Gasteiger partial charge in [-0.3, -0.25) is 14.9 Å². The lowest BCUT2D eigenvalue weighted by Gasteiger charge is -2.02. The van der Waals surface area contributed by atoms with Crippen molar-refractivity contribution in [3.05, 3.63) is 42.1 Å². The van der Waals surface area contributed by atoms with Crippen LogP contribution >= 0.6 is 0 Å². The zero-order valence-electron chi connectivity index (χ0n) is 9.87. The largest absolute Gasteiger partial charge is 0.384 e. The molecule has 0 aliphatic heterocycles. The number of carbonyl (C=O) groups excluding carboxylic acids is 1. The van der Waals surface area contributed by atoms with Gasteiger partial charge < -0.3 is 11.1 Å². The van der Waals surface area contributed by atoms with Gasteiger partial charge in [-0.15, -0.1) is 0 Å². The molecule has 0 bridgehead atoms. The lowest BCUT2D eigenvalue weighted by Crippen LogP contribution is -2.22. The van der Waals surface area contributed by atoms with Crippen molar-refractivity contribution in [2.24, 2.45) is 0 Å². The molecule has 0 radical (unpaired) electrons. The summed E-state index contributed by atoms with van der Waals surface area (Å²) in [7, 11) is 0. The van der Waals surface area contributed by atoms with Crippen LogP contribution in [0.1, 0.15) is 15.9 Å². The number of nitrogens with two attached hydrogens (primary N) is 1. The number of carbonyl (C=O) groups is 1. The molecule has 0 fully saturated rings. The van der Waals surface area contributed by atoms with Crippen LogP contribution in [0.4, 0.5) is 5.82 Å². The fraction of sp³-hybridized carbons (Fsp3) is 0.0909. The van der Waals surface area contributed by atoms with E-state index in [4.69, 9.17) is 5.73 Å². The van der Waals surface area contributed by atoms with Crippen LogP contribution in [0.15, 0.2) is 31.0 Å². The Bertz CT molecular complexity index is 729. The van der Waals surface area contributed by atoms with Crippen LogP contribution in [-0.2, 0) is 6.54 Å². The van der Waals surface area contributed by atoms with E-state index in [1.54, 1.807) is 29.3 Å². The molecular formula is C11H11N7O. The van der Waals surface area contributed by atoms with E-state index < -0.39 is 0 Å². The van der Waals surface area contributed by atoms with Gasteiger partial charge in [-0.1, -0.05) is 0 Å². The zero-order chi connectivity index (χ0) is 13.2. The van der Waals surface area contributed by atoms with E-state index in [1.807, 2.05) is 0 Å². The third kappa shape index (κ3) is 1.99. The van der Waals surface area contributed by atoms with Gasteiger partial charge in [0.2, 0.25) is 0 Å². The normalized spacial score (nSPS) is 10.7. The van der Waals surface area contributed by atoms with Crippen molar-refractivity contribution in [1.82, 2.24) is 30.1 Å². The maximum atomic E-state index is 12.1. The van der Waals surface area contributed by atoms with Crippen molar-refractivity contribution in [2.45, 2.75) is 6.54 Å². The second kappa shape index (κ2) is 4.41. The number of hydrogen-bond acceptors (Lipinski definition) is 5. The first kappa shape index (κ1) is 11.2. The number of aromatic nitrogens is 5. The van der Waals surface area contributed by atoms with Crippen molar-refractivity contribution >= 4 is 17.2 Å². The summed E-state index contributed by atoms with van der Waals surface area (Å²) >= 11 is 0. The smallest absolute Gasteiger partial charge is 0.255 e. The first-order chi connectivity index (χ1) is 9.25. The zero-order valence-corrected chi connectivity index (χ0v) is 9.87. The van der Waals surface area contributed by atoms with Gasteiger partial charge in [0.15, 0.2) is 0 Å². The van der Waals surface area contributed by atoms with Gasteiger partial charge in [-0.25, -0.2) is 4.52 Å². The maximum Gasteiger partial charge on any atom is 0.255 e. The Morgan fingerprint density at radius 3 is 3.11 bits per heavy atom. The molecule has 0 unspecified atom stereocenters. The van der Waals surface area contributed by atoms with Crippen molar-refractivity contribution < 1.29 is 4.79 Å². The number of nitrogens with one attached hydrogen (secondary N) is 2. The fourth-order valence-electron chi connectivity index (χ4n) is 1.74. The number of hydrogen-bond donors (Lipinski definition) is 3. The molecule has 0 saturated carbocycles. The molecule has 1 amide bonds. The molecule has 0 aromatic carbocycles. The second-order valence-corrected chi connectivity index (χ2v) is 3.96. The number of amides is 1. The highest BCUT2D eigenvalue weighted by atomic mass is 16.1. The summed E-state index contributed by atoms with van der Waals surface area (Å²) in [5, 5.41) is 13.2. The van der Waals surface area contributed by atoms with E-state index in [1.165, 1.54) is 6.20 Å². The average Bonchev–Trinajstić information content (AvgIpc) is 3.02. The number of H-pyrrole nitrogens is 1. The Morgan fingerprint density at radius 2 is 2.32 bits per heavy atom. The van der Waals surface area contributed by atoms with Crippen LogP contribution in [0, 0.1) is 0 Å². The topological polar surface area (TPSA) is 114 Å². The molecule has 4 N–H and O–H groups in total. The SMILES string of the molecule is Nc1[nH]ncc1CNC(=O)c1cnn2ccncc12. The molecule has 8 heteroatoms. The van der Waals surface area contributed by atoms with Gasteiger partial charge in [0.05, 0.1) is 29.7 Å². The highest BCUT2D eigenvalue weighted by Gasteiger charge is 2.13. The third-order valence-electron chi connectivity index (χ3n) is 2.76. The van der Waals surface area contributed by atoms with E-state index in [0.29, 0.717) is 23.4 Å². The standard InChI is InChI=1S/C11H11N7O/c12-10-7(4-15-17-10)3-14-11(19)8-5-16-18-2-1-13-6-9(8)18/h1-2,4-6H,3H2,(H,14,19)(H3,12,15,17). The van der Waals surface area contributed by atoms with Crippen LogP contribution in [0.3, 0.4) is 0 Å². The Kier molecular flexibility index (Phi) is 2.60. The van der Waals surface area contributed by atoms with Crippen LogP contribution in [0.5, 0.6) is 0 Å². The highest BCUT2D eigenvalue weighted by molar-refractivity contribution is 6.00. The molecule has 0 atom stereocenters. The molecule has 0 aliphatic carbocycles. The summed E-state index contributed by atoms with van der Waals surface area (Å²) in [6, 6.07) is 0. The van der Waals surface area contributed by atoms with Crippen LogP contribution in [0.2, 0.25) is 0 Å². The summed E-state index contributed by atoms with van der Waals surface area (Å²) in [4.78, 5) is 16.0. The minimum Gasteiger partial charge on any atom is -0.384 e. The Labute approximate surface area is 107 Å². The molecule has 8 nitrogen and oxygen atoms in total. The predicted molar refractivity (Wildman–Crippen MR) is 67.2 cm³/mol. The van der Waals surface area contributed by atoms with Crippen LogP contribution in [-0.4, -0.2) is 30.7 Å². The van der Waals surface area contributed by atoms with Gasteiger partial charge >= 0.3 is 0 Å². The second-order valence-electron chi connectivity index (χ2n) is 3.96. The van der Waals surface area contributed by atoms with Gasteiger partial charge in [-0.05, 0) is 0 Å². The monoisotopic (exact) mass is 257 g/mol. The lowest BCUT2D eigenvalue weighted by molar-refractivity contribution is 0.0952. The molecule has 19 heavy (non-hydrogen) atoms. The maximum absolute atomic E-state index is 12.1. The van der Waals surface area contributed by atoms with E-state index in [0.717, 1.165) is 5.56 Å². The van der Waals surface area contributed by atoms with Crippen molar-refractivity contribution in [1.29, 1.82) is 0 Å². The number of anilines is 1. The lowest BCUT2D eigenvalue weighted by atomic mass is 10.2. The Morgan fingerprint density at radius 1 is 1.42 bits per heavy atom. The molecular weight excluding hydrogens is 246 g/mol. The summed E-state index contributed by atoms with van der Waals surface area (Å²) in [6.45, 7) is 0.304. The highest BCUT2D eigenvalue weighted by Crippen LogP contribution is 2.10. The van der Waals surface area contributed by atoms with Gasteiger partial charge in [-0.2, -0.15) is 10.2 Å². The first-order valence-corrected chi connectivity index (χ1v) is 5.59. The van der Waals surface area contributed by atoms with Gasteiger partial charge in [0, 0.05) is 24.5 Å². The quantitative estimate of drug-likeness (QED) is 0.609. The minimum absolute atomic E-state index is 0.233. The van der Waals surface area contributed by atoms with Crippen LogP contribution < -0.4 is 11.1 Å². The molecule has 3 aromatic heterocycles. The predicted octanol–water partition coefficient (Wildman–Crippen LogP) is -0.0354.